The van der Waals surface area contributed by atoms with Gasteiger partial charge in [0.25, 0.3) is 5.91 Å². The zero-order chi connectivity index (χ0) is 21.9. The molecule has 6 nitrogen and oxygen atoms in total. The van der Waals surface area contributed by atoms with Gasteiger partial charge in [-0.2, -0.15) is 10.2 Å². The van der Waals surface area contributed by atoms with Crippen LogP contribution in [0.4, 0.5) is 13.2 Å². The standard InChI is InChI=1S/C22H18F3N5O/c1-12-20-14(21(28(2)27-20)13-9-16(23)19(25)17(24)10-13)6-8-29(12)22(31)15-11-26-30-7-4-3-5-18(15)30/h3-5,7,9-12H,6,8H2,1-2H3/t12-/m0/s1. The Morgan fingerprint density at radius 2 is 1.90 bits per heavy atom. The van der Waals surface area contributed by atoms with Crippen LogP contribution in [0.2, 0.25) is 0 Å². The van der Waals surface area contributed by atoms with Crippen molar-refractivity contribution in [2.24, 2.45) is 7.05 Å². The number of carbonyl (C=O) groups excluding carboxylic acids is 1. The highest BCUT2D eigenvalue weighted by molar-refractivity contribution is 6.01. The quantitative estimate of drug-likeness (QED) is 0.458. The van der Waals surface area contributed by atoms with Crippen molar-refractivity contribution >= 4 is 11.4 Å². The summed E-state index contributed by atoms with van der Waals surface area (Å²) in [5, 5.41) is 8.76. The van der Waals surface area contributed by atoms with E-state index in [-0.39, 0.29) is 17.5 Å². The number of pyridine rings is 1. The van der Waals surface area contributed by atoms with E-state index in [4.69, 9.17) is 0 Å². The summed E-state index contributed by atoms with van der Waals surface area (Å²) in [6, 6.07) is 7.09. The summed E-state index contributed by atoms with van der Waals surface area (Å²) in [5.41, 5.74) is 3.38. The molecule has 0 spiro atoms. The fourth-order valence-corrected chi connectivity index (χ4v) is 4.33. The van der Waals surface area contributed by atoms with Gasteiger partial charge < -0.3 is 4.90 Å². The van der Waals surface area contributed by atoms with Gasteiger partial charge in [-0.1, -0.05) is 6.07 Å². The number of rotatable bonds is 2. The number of aromatic nitrogens is 4. The molecule has 1 atom stereocenters. The molecule has 0 unspecified atom stereocenters. The minimum Gasteiger partial charge on any atom is -0.330 e. The number of hydrogen-bond acceptors (Lipinski definition) is 3. The lowest BCUT2D eigenvalue weighted by Gasteiger charge is -2.32. The SMILES string of the molecule is C[C@H]1c2nn(C)c(-c3cc(F)c(F)c(F)c3)c2CCN1C(=O)c1cnn2ccccc12. The molecule has 158 valence electrons. The van der Waals surface area contributed by atoms with Gasteiger partial charge in [-0.15, -0.1) is 0 Å². The van der Waals surface area contributed by atoms with Gasteiger partial charge in [0.05, 0.1) is 34.7 Å². The fourth-order valence-electron chi connectivity index (χ4n) is 4.33. The third-order valence-corrected chi connectivity index (χ3v) is 5.82. The minimum absolute atomic E-state index is 0.162. The second kappa shape index (κ2) is 6.97. The van der Waals surface area contributed by atoms with Crippen LogP contribution in [0.5, 0.6) is 0 Å². The van der Waals surface area contributed by atoms with E-state index in [1.54, 1.807) is 28.9 Å². The summed E-state index contributed by atoms with van der Waals surface area (Å²) < 4.78 is 44.2. The summed E-state index contributed by atoms with van der Waals surface area (Å²) in [6.45, 7) is 2.27. The average Bonchev–Trinajstić information content (AvgIpc) is 3.32. The average molecular weight is 425 g/mol. The zero-order valence-corrected chi connectivity index (χ0v) is 16.8. The first-order valence-corrected chi connectivity index (χ1v) is 9.81. The molecule has 0 radical (unpaired) electrons. The smallest absolute Gasteiger partial charge is 0.258 e. The van der Waals surface area contributed by atoms with Gasteiger partial charge in [-0.3, -0.25) is 9.48 Å². The number of amides is 1. The van der Waals surface area contributed by atoms with Gasteiger partial charge in [0, 0.05) is 30.9 Å². The van der Waals surface area contributed by atoms with E-state index in [1.807, 2.05) is 25.1 Å². The van der Waals surface area contributed by atoms with E-state index in [9.17, 15) is 18.0 Å². The van der Waals surface area contributed by atoms with Crippen molar-refractivity contribution in [3.05, 3.63) is 77.0 Å². The molecule has 31 heavy (non-hydrogen) atoms. The molecular formula is C22H18F3N5O. The number of fused-ring (bicyclic) bond motifs is 2. The summed E-state index contributed by atoms with van der Waals surface area (Å²) >= 11 is 0. The number of halogens is 3. The van der Waals surface area contributed by atoms with Crippen LogP contribution in [0.3, 0.4) is 0 Å². The van der Waals surface area contributed by atoms with Crippen LogP contribution in [0.15, 0.2) is 42.7 Å². The third kappa shape index (κ3) is 2.91. The normalized spacial score (nSPS) is 16.0. The Bertz CT molecular complexity index is 1320. The van der Waals surface area contributed by atoms with Crippen molar-refractivity contribution in [3.63, 3.8) is 0 Å². The number of benzene rings is 1. The van der Waals surface area contributed by atoms with Crippen LogP contribution in [0, 0.1) is 17.5 Å². The molecule has 4 aromatic rings. The van der Waals surface area contributed by atoms with Crippen molar-refractivity contribution in [1.82, 2.24) is 24.3 Å². The fraction of sp³-hybridized carbons (Fsp3) is 0.227. The highest BCUT2D eigenvalue weighted by Crippen LogP contribution is 2.37. The molecule has 9 heteroatoms. The molecule has 0 N–H and O–H groups in total. The monoisotopic (exact) mass is 425 g/mol. The molecule has 0 saturated carbocycles. The van der Waals surface area contributed by atoms with Crippen molar-refractivity contribution in [2.45, 2.75) is 19.4 Å². The van der Waals surface area contributed by atoms with E-state index in [2.05, 4.69) is 10.2 Å². The van der Waals surface area contributed by atoms with Crippen LogP contribution in [0.25, 0.3) is 16.8 Å². The van der Waals surface area contributed by atoms with Crippen LogP contribution in [-0.2, 0) is 13.5 Å². The Morgan fingerprint density at radius 3 is 2.65 bits per heavy atom. The van der Waals surface area contributed by atoms with E-state index in [1.165, 1.54) is 4.68 Å². The summed E-state index contributed by atoms with van der Waals surface area (Å²) in [7, 11) is 1.66. The van der Waals surface area contributed by atoms with Gasteiger partial charge >= 0.3 is 0 Å². The lowest BCUT2D eigenvalue weighted by molar-refractivity contribution is 0.0675. The highest BCUT2D eigenvalue weighted by Gasteiger charge is 2.34. The lowest BCUT2D eigenvalue weighted by atomic mass is 9.95. The Labute approximate surface area is 175 Å². The van der Waals surface area contributed by atoms with Crippen molar-refractivity contribution in [1.29, 1.82) is 0 Å². The van der Waals surface area contributed by atoms with Gasteiger partial charge in [0.1, 0.15) is 0 Å². The maximum absolute atomic E-state index is 13.8. The predicted molar refractivity (Wildman–Crippen MR) is 107 cm³/mol. The second-order valence-corrected chi connectivity index (χ2v) is 7.60. The van der Waals surface area contributed by atoms with E-state index in [0.29, 0.717) is 35.4 Å². The Hall–Kier alpha value is -3.62. The molecule has 1 aliphatic rings. The first kappa shape index (κ1) is 19.3. The van der Waals surface area contributed by atoms with Crippen LogP contribution in [0.1, 0.15) is 34.6 Å². The van der Waals surface area contributed by atoms with Crippen LogP contribution >= 0.6 is 0 Å². The molecule has 0 saturated heterocycles. The van der Waals surface area contributed by atoms with Crippen LogP contribution in [-0.4, -0.2) is 36.7 Å². The Balaban J connectivity index is 1.53. The summed E-state index contributed by atoms with van der Waals surface area (Å²) in [5.74, 6) is -4.17. The predicted octanol–water partition coefficient (Wildman–Crippen LogP) is 3.91. The Morgan fingerprint density at radius 1 is 1.16 bits per heavy atom. The number of carbonyl (C=O) groups is 1. The van der Waals surface area contributed by atoms with Crippen LogP contribution < -0.4 is 0 Å². The van der Waals surface area contributed by atoms with Gasteiger partial charge in [-0.25, -0.2) is 17.7 Å². The first-order valence-electron chi connectivity index (χ1n) is 9.81. The van der Waals surface area contributed by atoms with E-state index in [0.717, 1.165) is 17.7 Å². The molecule has 0 fully saturated rings. The van der Waals surface area contributed by atoms with Gasteiger partial charge in [-0.05, 0) is 37.6 Å². The van der Waals surface area contributed by atoms with Gasteiger partial charge in [0.15, 0.2) is 17.5 Å². The molecule has 1 aromatic carbocycles. The lowest BCUT2D eigenvalue weighted by Crippen LogP contribution is -2.38. The van der Waals surface area contributed by atoms with E-state index >= 15 is 0 Å². The zero-order valence-electron chi connectivity index (χ0n) is 16.8. The molecule has 1 aliphatic heterocycles. The third-order valence-electron chi connectivity index (χ3n) is 5.82. The highest BCUT2D eigenvalue weighted by atomic mass is 19.2. The maximum Gasteiger partial charge on any atom is 0.258 e. The number of aryl methyl sites for hydroxylation is 1. The van der Waals surface area contributed by atoms with Gasteiger partial charge in [0.2, 0.25) is 0 Å². The molecule has 5 rings (SSSR count). The molecule has 0 aliphatic carbocycles. The summed E-state index contributed by atoms with van der Waals surface area (Å²) in [4.78, 5) is 15.0. The Kier molecular flexibility index (Phi) is 4.35. The first-order chi connectivity index (χ1) is 14.9. The minimum atomic E-state index is -1.50. The topological polar surface area (TPSA) is 55.4 Å². The largest absolute Gasteiger partial charge is 0.330 e. The molecule has 3 aromatic heterocycles. The van der Waals surface area contributed by atoms with Crippen molar-refractivity contribution in [2.75, 3.05) is 6.54 Å². The number of nitrogens with zero attached hydrogens (tertiary/aromatic N) is 5. The van der Waals surface area contributed by atoms with E-state index < -0.39 is 17.5 Å². The second-order valence-electron chi connectivity index (χ2n) is 7.60. The number of hydrogen-bond donors (Lipinski definition) is 0. The molecular weight excluding hydrogens is 407 g/mol. The summed E-state index contributed by atoms with van der Waals surface area (Å²) in [6.07, 6.45) is 3.78. The van der Waals surface area contributed by atoms with Crippen molar-refractivity contribution in [3.8, 4) is 11.3 Å². The molecule has 4 heterocycles. The van der Waals surface area contributed by atoms with Crippen molar-refractivity contribution < 1.29 is 18.0 Å². The molecule has 1 amide bonds. The molecule has 0 bridgehead atoms. The maximum atomic E-state index is 13.8.